The maximum Gasteiger partial charge on any atom is 0.274 e. The maximum atomic E-state index is 13.0. The second kappa shape index (κ2) is 7.58. The van der Waals surface area contributed by atoms with E-state index < -0.39 is 0 Å². The van der Waals surface area contributed by atoms with Gasteiger partial charge in [-0.3, -0.25) is 4.79 Å². The Labute approximate surface area is 162 Å². The molecule has 27 heavy (non-hydrogen) atoms. The number of aromatic nitrogens is 2. The summed E-state index contributed by atoms with van der Waals surface area (Å²) in [5, 5.41) is 5.22. The molecule has 7 heteroatoms. The van der Waals surface area contributed by atoms with Crippen molar-refractivity contribution in [3.05, 3.63) is 59.4 Å². The van der Waals surface area contributed by atoms with Crippen LogP contribution in [0.2, 0.25) is 5.02 Å². The number of halogens is 1. The zero-order valence-electron chi connectivity index (χ0n) is 14.8. The van der Waals surface area contributed by atoms with Crippen molar-refractivity contribution in [1.29, 1.82) is 0 Å². The number of carbonyl (C=O) groups excluding carboxylic acids is 1. The van der Waals surface area contributed by atoms with Crippen LogP contribution in [-0.4, -0.2) is 40.2 Å². The summed E-state index contributed by atoms with van der Waals surface area (Å²) in [6, 6.07) is 12.8. The second-order valence-corrected chi connectivity index (χ2v) is 7.19. The van der Waals surface area contributed by atoms with Crippen molar-refractivity contribution in [1.82, 2.24) is 14.7 Å². The number of likely N-dealkylation sites (tertiary alicyclic amines) is 1. The summed E-state index contributed by atoms with van der Waals surface area (Å²) >= 11 is 6.00. The van der Waals surface area contributed by atoms with Crippen LogP contribution in [0.25, 0.3) is 17.1 Å². The molecule has 3 heterocycles. The quantitative estimate of drug-likeness (QED) is 0.745. The van der Waals surface area contributed by atoms with Crippen LogP contribution in [0.15, 0.2) is 53.1 Å². The molecule has 0 aliphatic carbocycles. The molecule has 6 nitrogen and oxygen atoms in total. The van der Waals surface area contributed by atoms with Gasteiger partial charge in [-0.1, -0.05) is 11.6 Å². The van der Waals surface area contributed by atoms with Crippen molar-refractivity contribution in [3.8, 4) is 17.1 Å². The smallest absolute Gasteiger partial charge is 0.274 e. The van der Waals surface area contributed by atoms with E-state index in [1.807, 2.05) is 29.2 Å². The van der Waals surface area contributed by atoms with Gasteiger partial charge < -0.3 is 15.1 Å². The average Bonchev–Trinajstić information content (AvgIpc) is 3.38. The highest BCUT2D eigenvalue weighted by atomic mass is 35.5. The van der Waals surface area contributed by atoms with Crippen molar-refractivity contribution in [2.45, 2.75) is 12.8 Å². The van der Waals surface area contributed by atoms with E-state index in [9.17, 15) is 4.79 Å². The topological polar surface area (TPSA) is 77.3 Å². The standard InChI is InChI=1S/C20H21ClN4O2/c21-15-3-5-16(6-4-15)25-18(19-2-1-11-27-19)12-17(23-25)20(26)24-9-7-14(13-22)8-10-24/h1-6,11-12,14H,7-10,13,22H2. The molecule has 1 aromatic carbocycles. The van der Waals surface area contributed by atoms with Gasteiger partial charge in [0.25, 0.3) is 5.91 Å². The number of amides is 1. The lowest BCUT2D eigenvalue weighted by Crippen LogP contribution is -2.40. The lowest BCUT2D eigenvalue weighted by Gasteiger charge is -2.30. The third-order valence-corrected chi connectivity index (χ3v) is 5.26. The fraction of sp³-hybridized carbons (Fsp3) is 0.300. The van der Waals surface area contributed by atoms with E-state index in [-0.39, 0.29) is 5.91 Å². The number of nitrogens with zero attached hydrogens (tertiary/aromatic N) is 3. The molecule has 1 amide bonds. The SMILES string of the molecule is NCC1CCN(C(=O)c2cc(-c3ccco3)n(-c3ccc(Cl)cc3)n2)CC1. The first-order chi connectivity index (χ1) is 13.2. The van der Waals surface area contributed by atoms with E-state index in [0.717, 1.165) is 24.2 Å². The molecule has 1 aliphatic rings. The lowest BCUT2D eigenvalue weighted by molar-refractivity contribution is 0.0687. The third kappa shape index (κ3) is 3.63. The molecule has 4 rings (SSSR count). The maximum absolute atomic E-state index is 13.0. The first kappa shape index (κ1) is 17.8. The molecule has 2 N–H and O–H groups in total. The van der Waals surface area contributed by atoms with Gasteiger partial charge >= 0.3 is 0 Å². The zero-order chi connectivity index (χ0) is 18.8. The minimum atomic E-state index is -0.0639. The molecule has 1 aliphatic heterocycles. The van der Waals surface area contributed by atoms with Gasteiger partial charge in [0.2, 0.25) is 0 Å². The number of furan rings is 1. The molecule has 0 saturated carbocycles. The van der Waals surface area contributed by atoms with Crippen LogP contribution in [0.1, 0.15) is 23.3 Å². The molecule has 0 bridgehead atoms. The molecular formula is C20H21ClN4O2. The van der Waals surface area contributed by atoms with Crippen LogP contribution < -0.4 is 5.73 Å². The predicted molar refractivity (Wildman–Crippen MR) is 104 cm³/mol. The number of rotatable bonds is 4. The Hall–Kier alpha value is -2.57. The average molecular weight is 385 g/mol. The van der Waals surface area contributed by atoms with E-state index >= 15 is 0 Å². The van der Waals surface area contributed by atoms with Gasteiger partial charge in [-0.05, 0) is 61.7 Å². The van der Waals surface area contributed by atoms with Gasteiger partial charge in [-0.25, -0.2) is 4.68 Å². The molecule has 2 aromatic heterocycles. The minimum absolute atomic E-state index is 0.0639. The number of carbonyl (C=O) groups is 1. The monoisotopic (exact) mass is 384 g/mol. The Morgan fingerprint density at radius 3 is 2.59 bits per heavy atom. The molecule has 0 spiro atoms. The first-order valence-corrected chi connectivity index (χ1v) is 9.42. The highest BCUT2D eigenvalue weighted by molar-refractivity contribution is 6.30. The number of benzene rings is 1. The van der Waals surface area contributed by atoms with Crippen LogP contribution in [0.5, 0.6) is 0 Å². The predicted octanol–water partition coefficient (Wildman–Crippen LogP) is 3.60. The molecule has 140 valence electrons. The normalized spacial score (nSPS) is 15.3. The van der Waals surface area contributed by atoms with Crippen LogP contribution >= 0.6 is 11.6 Å². The van der Waals surface area contributed by atoms with Crippen molar-refractivity contribution < 1.29 is 9.21 Å². The highest BCUT2D eigenvalue weighted by Crippen LogP contribution is 2.26. The van der Waals surface area contributed by atoms with Gasteiger partial charge in [0.1, 0.15) is 5.69 Å². The Kier molecular flexibility index (Phi) is 5.01. The van der Waals surface area contributed by atoms with Crippen LogP contribution in [-0.2, 0) is 0 Å². The van der Waals surface area contributed by atoms with E-state index in [1.165, 1.54) is 0 Å². The molecule has 1 saturated heterocycles. The van der Waals surface area contributed by atoms with E-state index in [2.05, 4.69) is 5.10 Å². The molecule has 0 radical (unpaired) electrons. The van der Waals surface area contributed by atoms with Gasteiger partial charge in [0, 0.05) is 24.2 Å². The number of piperidine rings is 1. The van der Waals surface area contributed by atoms with E-state index in [4.69, 9.17) is 21.8 Å². The van der Waals surface area contributed by atoms with Crippen molar-refractivity contribution in [3.63, 3.8) is 0 Å². The summed E-state index contributed by atoms with van der Waals surface area (Å²) in [5.74, 6) is 1.09. The van der Waals surface area contributed by atoms with Crippen LogP contribution in [0.4, 0.5) is 0 Å². The molecule has 0 unspecified atom stereocenters. The van der Waals surface area contributed by atoms with E-state index in [0.29, 0.717) is 42.0 Å². The zero-order valence-corrected chi connectivity index (χ0v) is 15.6. The number of hydrogen-bond donors (Lipinski definition) is 1. The summed E-state index contributed by atoms with van der Waals surface area (Å²) in [7, 11) is 0. The summed E-state index contributed by atoms with van der Waals surface area (Å²) in [6.07, 6.45) is 3.48. The summed E-state index contributed by atoms with van der Waals surface area (Å²) < 4.78 is 7.26. The van der Waals surface area contributed by atoms with Crippen molar-refractivity contribution >= 4 is 17.5 Å². The molecular weight excluding hydrogens is 364 g/mol. The fourth-order valence-electron chi connectivity index (χ4n) is 3.40. The Morgan fingerprint density at radius 2 is 1.96 bits per heavy atom. The minimum Gasteiger partial charge on any atom is -0.463 e. The lowest BCUT2D eigenvalue weighted by atomic mass is 9.97. The summed E-state index contributed by atoms with van der Waals surface area (Å²) in [5.41, 5.74) is 7.69. The second-order valence-electron chi connectivity index (χ2n) is 6.75. The third-order valence-electron chi connectivity index (χ3n) is 5.01. The largest absolute Gasteiger partial charge is 0.463 e. The van der Waals surface area contributed by atoms with Crippen molar-refractivity contribution in [2.24, 2.45) is 11.7 Å². The molecule has 1 fully saturated rings. The fourth-order valence-corrected chi connectivity index (χ4v) is 3.52. The van der Waals surface area contributed by atoms with Gasteiger partial charge in [-0.15, -0.1) is 0 Å². The van der Waals surface area contributed by atoms with Crippen molar-refractivity contribution in [2.75, 3.05) is 19.6 Å². The van der Waals surface area contributed by atoms with Crippen LogP contribution in [0.3, 0.4) is 0 Å². The van der Waals surface area contributed by atoms with Crippen LogP contribution in [0, 0.1) is 5.92 Å². The van der Waals surface area contributed by atoms with Gasteiger partial charge in [0.05, 0.1) is 12.0 Å². The molecule has 0 atom stereocenters. The summed E-state index contributed by atoms with van der Waals surface area (Å²) in [6.45, 7) is 2.10. The first-order valence-electron chi connectivity index (χ1n) is 9.05. The van der Waals surface area contributed by atoms with E-state index in [1.54, 1.807) is 29.1 Å². The molecule has 3 aromatic rings. The number of nitrogens with two attached hydrogens (primary N) is 1. The van der Waals surface area contributed by atoms with Gasteiger partial charge in [0.15, 0.2) is 11.5 Å². The Morgan fingerprint density at radius 1 is 1.22 bits per heavy atom. The highest BCUT2D eigenvalue weighted by Gasteiger charge is 2.26. The summed E-state index contributed by atoms with van der Waals surface area (Å²) in [4.78, 5) is 14.8. The Bertz CT molecular complexity index is 910. The van der Waals surface area contributed by atoms with Gasteiger partial charge in [-0.2, -0.15) is 5.10 Å². The number of hydrogen-bond acceptors (Lipinski definition) is 4. The Balaban J connectivity index is 1.67.